The molecular weight excluding hydrogens is 490 g/mol. The van der Waals surface area contributed by atoms with Crippen LogP contribution in [0.2, 0.25) is 10.0 Å². The number of nitrogens with zero attached hydrogens (tertiary/aromatic N) is 1. The molecule has 33 heavy (non-hydrogen) atoms. The van der Waals surface area contributed by atoms with E-state index in [1.54, 1.807) is 6.07 Å². The van der Waals surface area contributed by atoms with Gasteiger partial charge in [0.1, 0.15) is 16.9 Å². The molecule has 0 radical (unpaired) electrons. The maximum Gasteiger partial charge on any atom is 0.324 e. The van der Waals surface area contributed by atoms with Crippen LogP contribution < -0.4 is 16.0 Å². The minimum absolute atomic E-state index is 0.125. The summed E-state index contributed by atoms with van der Waals surface area (Å²) >= 11 is 13.1. The molecule has 2 aromatic rings. The van der Waals surface area contributed by atoms with E-state index in [2.05, 4.69) is 16.0 Å². The van der Waals surface area contributed by atoms with Crippen LogP contribution in [0.15, 0.2) is 18.2 Å². The van der Waals surface area contributed by atoms with Gasteiger partial charge < -0.3 is 15.5 Å². The first-order chi connectivity index (χ1) is 15.4. The van der Waals surface area contributed by atoms with Gasteiger partial charge in [0.2, 0.25) is 5.91 Å². The number of anilines is 2. The number of nitrogens with one attached hydrogen (secondary N) is 3. The van der Waals surface area contributed by atoms with Crippen LogP contribution >= 0.6 is 34.5 Å². The lowest BCUT2D eigenvalue weighted by Gasteiger charge is -2.34. The summed E-state index contributed by atoms with van der Waals surface area (Å²) in [4.78, 5) is 40.8. The number of piperazine rings is 1. The van der Waals surface area contributed by atoms with Crippen LogP contribution in [-0.2, 0) is 10.2 Å². The van der Waals surface area contributed by atoms with Crippen molar-refractivity contribution < 1.29 is 18.8 Å². The Bertz CT molecular complexity index is 1100. The van der Waals surface area contributed by atoms with E-state index in [1.165, 1.54) is 22.3 Å². The molecule has 1 saturated heterocycles. The van der Waals surface area contributed by atoms with E-state index < -0.39 is 17.9 Å². The molecule has 178 valence electrons. The topological polar surface area (TPSA) is 90.5 Å². The smallest absolute Gasteiger partial charge is 0.324 e. The van der Waals surface area contributed by atoms with Crippen molar-refractivity contribution in [1.82, 2.24) is 10.2 Å². The summed E-state index contributed by atoms with van der Waals surface area (Å²) in [6, 6.07) is 2.89. The van der Waals surface area contributed by atoms with Crippen molar-refractivity contribution in [1.29, 1.82) is 0 Å². The van der Waals surface area contributed by atoms with Crippen molar-refractivity contribution in [2.75, 3.05) is 23.7 Å². The predicted octanol–water partition coefficient (Wildman–Crippen LogP) is 5.49. The normalized spacial score (nSPS) is 16.4. The maximum absolute atomic E-state index is 13.6. The van der Waals surface area contributed by atoms with Crippen LogP contribution in [0, 0.1) is 5.82 Å². The van der Waals surface area contributed by atoms with Crippen molar-refractivity contribution in [2.24, 2.45) is 0 Å². The molecule has 1 unspecified atom stereocenters. The van der Waals surface area contributed by atoms with E-state index in [0.717, 1.165) is 10.9 Å². The highest BCUT2D eigenvalue weighted by Crippen LogP contribution is 2.38. The second-order valence-corrected chi connectivity index (χ2v) is 10.4. The molecule has 1 atom stereocenters. The molecule has 0 spiro atoms. The Balaban J connectivity index is 1.91. The van der Waals surface area contributed by atoms with Crippen molar-refractivity contribution in [3.05, 3.63) is 44.5 Å². The number of hydrogen-bond acceptors (Lipinski definition) is 4. The molecule has 0 saturated carbocycles. The van der Waals surface area contributed by atoms with Crippen LogP contribution in [0.3, 0.4) is 0 Å². The van der Waals surface area contributed by atoms with E-state index in [4.69, 9.17) is 23.2 Å². The molecule has 2 heterocycles. The van der Waals surface area contributed by atoms with Gasteiger partial charge in [-0.2, -0.15) is 0 Å². The number of carbonyl (C=O) groups excluding carboxylic acids is 3. The third-order valence-electron chi connectivity index (χ3n) is 5.19. The van der Waals surface area contributed by atoms with E-state index in [9.17, 15) is 18.8 Å². The summed E-state index contributed by atoms with van der Waals surface area (Å²) in [5, 5.41) is 7.92. The van der Waals surface area contributed by atoms with Gasteiger partial charge in [-0.25, -0.2) is 9.18 Å². The molecule has 11 heteroatoms. The molecule has 1 aromatic carbocycles. The van der Waals surface area contributed by atoms with E-state index in [1.807, 2.05) is 27.7 Å². The van der Waals surface area contributed by atoms with Crippen LogP contribution in [0.4, 0.5) is 19.9 Å². The van der Waals surface area contributed by atoms with Crippen LogP contribution in [0.5, 0.6) is 0 Å². The SMILES string of the molecule is CCC1C(=O)NCCN1C(=O)c1cc(C(C)(C)C)sc1NC(=O)Nc1ccc(F)c(Cl)c1Cl. The highest BCUT2D eigenvalue weighted by molar-refractivity contribution is 7.16. The average Bonchev–Trinajstić information content (AvgIpc) is 3.17. The number of thiophene rings is 1. The predicted molar refractivity (Wildman–Crippen MR) is 130 cm³/mol. The molecule has 1 aliphatic rings. The zero-order valence-electron chi connectivity index (χ0n) is 18.6. The Hall–Kier alpha value is -2.36. The Labute approximate surface area is 205 Å². The first kappa shape index (κ1) is 25.3. The van der Waals surface area contributed by atoms with Gasteiger partial charge in [0.15, 0.2) is 0 Å². The molecule has 7 nitrogen and oxygen atoms in total. The van der Waals surface area contributed by atoms with Gasteiger partial charge in [0.25, 0.3) is 5.91 Å². The lowest BCUT2D eigenvalue weighted by atomic mass is 9.94. The number of benzene rings is 1. The van der Waals surface area contributed by atoms with E-state index >= 15 is 0 Å². The second-order valence-electron chi connectivity index (χ2n) is 8.62. The van der Waals surface area contributed by atoms with Crippen LogP contribution in [0.25, 0.3) is 0 Å². The van der Waals surface area contributed by atoms with Crippen LogP contribution in [0.1, 0.15) is 49.4 Å². The standard InChI is InChI=1S/C22H25Cl2FN4O3S/c1-5-14-18(30)26-8-9-29(14)20(31)11-10-15(22(2,3)4)33-19(11)28-21(32)27-13-7-6-12(25)16(23)17(13)24/h6-7,10,14H,5,8-9H2,1-4H3,(H,26,30)(H2,27,28,32). The molecule has 0 bridgehead atoms. The largest absolute Gasteiger partial charge is 0.353 e. The fourth-order valence-corrected chi connectivity index (χ4v) is 4.88. The lowest BCUT2D eigenvalue weighted by molar-refractivity contribution is -0.127. The number of rotatable bonds is 4. The fraction of sp³-hybridized carbons (Fsp3) is 0.409. The summed E-state index contributed by atoms with van der Waals surface area (Å²) < 4.78 is 13.6. The Morgan fingerprint density at radius 1 is 1.24 bits per heavy atom. The zero-order valence-corrected chi connectivity index (χ0v) is 21.0. The number of amides is 4. The maximum atomic E-state index is 13.6. The third-order valence-corrected chi connectivity index (χ3v) is 7.53. The number of urea groups is 1. The zero-order chi connectivity index (χ0) is 24.5. The molecule has 3 N–H and O–H groups in total. The minimum Gasteiger partial charge on any atom is -0.353 e. The summed E-state index contributed by atoms with van der Waals surface area (Å²) in [6.07, 6.45) is 0.473. The highest BCUT2D eigenvalue weighted by Gasteiger charge is 2.34. The summed E-state index contributed by atoms with van der Waals surface area (Å²) in [5.74, 6) is -1.23. The Kier molecular flexibility index (Phi) is 7.55. The number of hydrogen-bond donors (Lipinski definition) is 3. The molecule has 1 aliphatic heterocycles. The van der Waals surface area contributed by atoms with E-state index in [0.29, 0.717) is 30.1 Å². The van der Waals surface area contributed by atoms with Gasteiger partial charge in [-0.15, -0.1) is 11.3 Å². The van der Waals surface area contributed by atoms with Crippen molar-refractivity contribution in [3.63, 3.8) is 0 Å². The summed E-state index contributed by atoms with van der Waals surface area (Å²) in [7, 11) is 0. The first-order valence-corrected chi connectivity index (χ1v) is 12.0. The molecule has 1 aromatic heterocycles. The molecular formula is C22H25Cl2FN4O3S. The molecule has 4 amide bonds. The average molecular weight is 515 g/mol. The van der Waals surface area contributed by atoms with Crippen LogP contribution in [-0.4, -0.2) is 41.9 Å². The van der Waals surface area contributed by atoms with Crippen molar-refractivity contribution >= 4 is 63.1 Å². The second kappa shape index (κ2) is 9.87. The Morgan fingerprint density at radius 3 is 2.58 bits per heavy atom. The number of halogens is 3. The van der Waals surface area contributed by atoms with Crippen molar-refractivity contribution in [3.8, 4) is 0 Å². The lowest BCUT2D eigenvalue weighted by Crippen LogP contribution is -2.56. The number of carbonyl (C=O) groups is 3. The van der Waals surface area contributed by atoms with Gasteiger partial charge >= 0.3 is 6.03 Å². The third kappa shape index (κ3) is 5.42. The minimum atomic E-state index is -0.704. The van der Waals surface area contributed by atoms with Gasteiger partial charge in [-0.3, -0.25) is 14.9 Å². The monoisotopic (exact) mass is 514 g/mol. The summed E-state index contributed by atoms with van der Waals surface area (Å²) in [6.45, 7) is 8.58. The molecule has 3 rings (SSSR count). The first-order valence-electron chi connectivity index (χ1n) is 10.4. The van der Waals surface area contributed by atoms with Crippen molar-refractivity contribution in [2.45, 2.75) is 45.6 Å². The molecule has 1 fully saturated rings. The summed E-state index contributed by atoms with van der Waals surface area (Å²) in [5.41, 5.74) is 0.157. The quantitative estimate of drug-likeness (QED) is 0.471. The van der Waals surface area contributed by atoms with E-state index in [-0.39, 0.29) is 33.0 Å². The Morgan fingerprint density at radius 2 is 1.94 bits per heavy atom. The highest BCUT2D eigenvalue weighted by atomic mass is 35.5. The van der Waals surface area contributed by atoms with Gasteiger partial charge in [-0.05, 0) is 30.0 Å². The van der Waals surface area contributed by atoms with Gasteiger partial charge in [-0.1, -0.05) is 50.9 Å². The van der Waals surface area contributed by atoms with Gasteiger partial charge in [0, 0.05) is 18.0 Å². The fourth-order valence-electron chi connectivity index (χ4n) is 3.41. The van der Waals surface area contributed by atoms with Gasteiger partial charge in [0.05, 0.1) is 21.3 Å². The molecule has 0 aliphatic carbocycles.